The first-order valence-corrected chi connectivity index (χ1v) is 7.64. The van der Waals surface area contributed by atoms with Gasteiger partial charge in [-0.15, -0.1) is 0 Å². The van der Waals surface area contributed by atoms with Crippen LogP contribution in [0.25, 0.3) is 0 Å². The van der Waals surface area contributed by atoms with E-state index >= 15 is 0 Å². The Morgan fingerprint density at radius 3 is 2.57 bits per heavy atom. The van der Waals surface area contributed by atoms with Gasteiger partial charge in [0.1, 0.15) is 5.75 Å². The van der Waals surface area contributed by atoms with Crippen molar-refractivity contribution in [1.82, 2.24) is 0 Å². The molecule has 0 radical (unpaired) electrons. The van der Waals surface area contributed by atoms with Gasteiger partial charge in [-0.2, -0.15) is 0 Å². The van der Waals surface area contributed by atoms with E-state index in [2.05, 4.69) is 6.92 Å². The van der Waals surface area contributed by atoms with Crippen molar-refractivity contribution in [3.63, 3.8) is 0 Å². The molecule has 3 rings (SSSR count). The molecular formula is C19H20O2. The van der Waals surface area contributed by atoms with Crippen molar-refractivity contribution in [2.75, 3.05) is 0 Å². The monoisotopic (exact) mass is 280 g/mol. The first-order valence-electron chi connectivity index (χ1n) is 7.64. The molecule has 1 atom stereocenters. The average Bonchev–Trinajstić information content (AvgIpc) is 3.33. The molecule has 0 spiro atoms. The Bertz CT molecular complexity index is 614. The normalized spacial score (nSPS) is 15.5. The number of carbonyl (C=O) groups is 1. The summed E-state index contributed by atoms with van der Waals surface area (Å²) in [5.74, 6) is 0.901. The molecule has 1 fully saturated rings. The molecule has 0 N–H and O–H groups in total. The molecule has 0 aliphatic heterocycles. The van der Waals surface area contributed by atoms with Crippen LogP contribution in [0.1, 0.15) is 48.0 Å². The smallest absolute Gasteiger partial charge is 0.170 e. The molecule has 108 valence electrons. The fourth-order valence-electron chi connectivity index (χ4n) is 2.56. The Kier molecular flexibility index (Phi) is 4.05. The van der Waals surface area contributed by atoms with Gasteiger partial charge in [-0.1, -0.05) is 49.4 Å². The van der Waals surface area contributed by atoms with Crippen molar-refractivity contribution in [1.29, 1.82) is 0 Å². The Labute approximate surface area is 125 Å². The zero-order valence-electron chi connectivity index (χ0n) is 12.3. The summed E-state index contributed by atoms with van der Waals surface area (Å²) < 4.78 is 5.78. The lowest BCUT2D eigenvalue weighted by molar-refractivity contribution is 0.0957. The van der Waals surface area contributed by atoms with Gasteiger partial charge in [0.2, 0.25) is 0 Å². The van der Waals surface area contributed by atoms with E-state index in [9.17, 15) is 4.79 Å². The van der Waals surface area contributed by atoms with Crippen molar-refractivity contribution in [2.45, 2.75) is 38.2 Å². The summed E-state index contributed by atoms with van der Waals surface area (Å²) in [5.41, 5.74) is 1.82. The Morgan fingerprint density at radius 1 is 1.14 bits per heavy atom. The molecule has 1 aliphatic rings. The van der Waals surface area contributed by atoms with E-state index in [1.165, 1.54) is 0 Å². The number of hydrogen-bond donors (Lipinski definition) is 0. The number of rotatable bonds is 6. The predicted molar refractivity (Wildman–Crippen MR) is 83.9 cm³/mol. The average molecular weight is 280 g/mol. The maximum Gasteiger partial charge on any atom is 0.170 e. The van der Waals surface area contributed by atoms with E-state index in [1.807, 2.05) is 54.6 Å². The molecule has 2 nitrogen and oxygen atoms in total. The van der Waals surface area contributed by atoms with Gasteiger partial charge in [0.05, 0.1) is 6.10 Å². The van der Waals surface area contributed by atoms with Crippen LogP contribution in [0.15, 0.2) is 54.6 Å². The summed E-state index contributed by atoms with van der Waals surface area (Å²) in [6, 6.07) is 17.6. The molecule has 1 unspecified atom stereocenters. The van der Waals surface area contributed by atoms with Crippen molar-refractivity contribution in [2.24, 2.45) is 0 Å². The van der Waals surface area contributed by atoms with Gasteiger partial charge in [-0.3, -0.25) is 4.79 Å². The third-order valence-corrected chi connectivity index (χ3v) is 3.87. The maximum absolute atomic E-state index is 12.8. The molecule has 0 heterocycles. The minimum Gasteiger partial charge on any atom is -0.490 e. The molecule has 2 aromatic carbocycles. The van der Waals surface area contributed by atoms with Crippen LogP contribution in [-0.2, 0) is 0 Å². The number of ether oxygens (including phenoxy) is 1. The standard InChI is InChI=1S/C19H20O2/c1-2-18(14-7-4-3-5-8-14)19(20)15-9-6-10-17(13-15)21-16-11-12-16/h3-10,13,16,18H,2,11-12H2,1H3. The molecule has 0 amide bonds. The van der Waals surface area contributed by atoms with Crippen LogP contribution in [0, 0.1) is 0 Å². The van der Waals surface area contributed by atoms with E-state index < -0.39 is 0 Å². The molecule has 1 saturated carbocycles. The molecule has 0 aromatic heterocycles. The van der Waals surface area contributed by atoms with Crippen LogP contribution in [0.4, 0.5) is 0 Å². The summed E-state index contributed by atoms with van der Waals surface area (Å²) in [6.45, 7) is 2.06. The number of carbonyl (C=O) groups excluding carboxylic acids is 1. The van der Waals surface area contributed by atoms with Crippen molar-refractivity contribution < 1.29 is 9.53 Å². The Morgan fingerprint density at radius 2 is 1.90 bits per heavy atom. The second-order valence-electron chi connectivity index (χ2n) is 5.58. The molecule has 0 saturated heterocycles. The van der Waals surface area contributed by atoms with Crippen molar-refractivity contribution in [3.05, 3.63) is 65.7 Å². The van der Waals surface area contributed by atoms with Gasteiger partial charge in [0.25, 0.3) is 0 Å². The minimum absolute atomic E-state index is 0.0811. The fraction of sp³-hybridized carbons (Fsp3) is 0.316. The fourth-order valence-corrected chi connectivity index (χ4v) is 2.56. The Balaban J connectivity index is 1.82. The van der Waals surface area contributed by atoms with E-state index in [-0.39, 0.29) is 11.7 Å². The van der Waals surface area contributed by atoms with E-state index in [0.717, 1.165) is 36.1 Å². The second kappa shape index (κ2) is 6.13. The molecular weight excluding hydrogens is 260 g/mol. The number of Topliss-reactive ketones (excluding diaryl/α,β-unsaturated/α-hetero) is 1. The highest BCUT2D eigenvalue weighted by molar-refractivity contribution is 6.01. The van der Waals surface area contributed by atoms with Gasteiger partial charge >= 0.3 is 0 Å². The molecule has 21 heavy (non-hydrogen) atoms. The summed E-state index contributed by atoms with van der Waals surface area (Å²) in [5, 5.41) is 0. The van der Waals surface area contributed by atoms with Crippen molar-refractivity contribution in [3.8, 4) is 5.75 Å². The first-order chi connectivity index (χ1) is 10.3. The molecule has 2 heteroatoms. The van der Waals surface area contributed by atoms with Crippen LogP contribution in [0.3, 0.4) is 0 Å². The summed E-state index contributed by atoms with van der Waals surface area (Å²) in [4.78, 5) is 12.8. The number of hydrogen-bond acceptors (Lipinski definition) is 2. The molecule has 2 aromatic rings. The summed E-state index contributed by atoms with van der Waals surface area (Å²) in [7, 11) is 0. The van der Waals surface area contributed by atoms with Gasteiger partial charge in [0, 0.05) is 11.5 Å². The molecule has 1 aliphatic carbocycles. The summed E-state index contributed by atoms with van der Waals surface area (Å²) >= 11 is 0. The van der Waals surface area contributed by atoms with Crippen LogP contribution < -0.4 is 4.74 Å². The lowest BCUT2D eigenvalue weighted by Gasteiger charge is -2.15. The van der Waals surface area contributed by atoms with Crippen molar-refractivity contribution >= 4 is 5.78 Å². The Hall–Kier alpha value is -2.09. The highest BCUT2D eigenvalue weighted by Crippen LogP contribution is 2.29. The largest absolute Gasteiger partial charge is 0.490 e. The number of ketones is 1. The predicted octanol–water partition coefficient (Wildman–Crippen LogP) is 4.60. The van der Waals surface area contributed by atoms with E-state index in [1.54, 1.807) is 0 Å². The number of benzene rings is 2. The van der Waals surface area contributed by atoms with Gasteiger partial charge in [-0.25, -0.2) is 0 Å². The van der Waals surface area contributed by atoms with Crippen LogP contribution in [0.5, 0.6) is 5.75 Å². The third-order valence-electron chi connectivity index (χ3n) is 3.87. The highest BCUT2D eigenvalue weighted by atomic mass is 16.5. The van der Waals surface area contributed by atoms with Gasteiger partial charge < -0.3 is 4.74 Å². The first kappa shape index (κ1) is 13.9. The lowest BCUT2D eigenvalue weighted by Crippen LogP contribution is -2.12. The van der Waals surface area contributed by atoms with Gasteiger partial charge in [-0.05, 0) is 37.0 Å². The minimum atomic E-state index is -0.0811. The third kappa shape index (κ3) is 3.33. The summed E-state index contributed by atoms with van der Waals surface area (Å²) in [6.07, 6.45) is 3.40. The zero-order chi connectivity index (χ0) is 14.7. The van der Waals surface area contributed by atoms with Crippen LogP contribution in [0.2, 0.25) is 0 Å². The van der Waals surface area contributed by atoms with Crippen LogP contribution in [-0.4, -0.2) is 11.9 Å². The lowest BCUT2D eigenvalue weighted by atomic mass is 9.88. The maximum atomic E-state index is 12.8. The van der Waals surface area contributed by atoms with E-state index in [0.29, 0.717) is 6.10 Å². The SMILES string of the molecule is CCC(C(=O)c1cccc(OC2CC2)c1)c1ccccc1. The zero-order valence-corrected chi connectivity index (χ0v) is 12.3. The van der Waals surface area contributed by atoms with Gasteiger partial charge in [0.15, 0.2) is 5.78 Å². The van der Waals surface area contributed by atoms with Crippen LogP contribution >= 0.6 is 0 Å². The molecule has 0 bridgehead atoms. The second-order valence-corrected chi connectivity index (χ2v) is 5.58. The highest BCUT2D eigenvalue weighted by Gasteiger charge is 2.24. The van der Waals surface area contributed by atoms with E-state index in [4.69, 9.17) is 4.74 Å². The quantitative estimate of drug-likeness (QED) is 0.723. The topological polar surface area (TPSA) is 26.3 Å².